The minimum Gasteiger partial charge on any atom is -0.368 e. The summed E-state index contributed by atoms with van der Waals surface area (Å²) in [6.45, 7) is 5.92. The molecule has 1 aromatic heterocycles. The van der Waals surface area contributed by atoms with Gasteiger partial charge in [0.2, 0.25) is 15.9 Å². The zero-order valence-corrected chi connectivity index (χ0v) is 19.3. The van der Waals surface area contributed by atoms with Gasteiger partial charge in [-0.25, -0.2) is 12.8 Å². The predicted molar refractivity (Wildman–Crippen MR) is 121 cm³/mol. The van der Waals surface area contributed by atoms with Gasteiger partial charge in [-0.3, -0.25) is 9.78 Å². The Balaban J connectivity index is 1.51. The van der Waals surface area contributed by atoms with Crippen LogP contribution in [0.2, 0.25) is 0 Å². The third kappa shape index (κ3) is 4.49. The van der Waals surface area contributed by atoms with Gasteiger partial charge >= 0.3 is 0 Å². The smallest absolute Gasteiger partial charge is 0.223 e. The second kappa shape index (κ2) is 9.15. The van der Waals surface area contributed by atoms with Crippen molar-refractivity contribution in [3.63, 3.8) is 0 Å². The molecule has 2 atom stereocenters. The molecule has 0 aliphatic carbocycles. The van der Waals surface area contributed by atoms with Crippen LogP contribution in [0.25, 0.3) is 0 Å². The molecule has 1 amide bonds. The Labute approximate surface area is 188 Å². The van der Waals surface area contributed by atoms with E-state index >= 15 is 4.39 Å². The Morgan fingerprint density at radius 2 is 1.88 bits per heavy atom. The first kappa shape index (κ1) is 22.7. The molecular formula is C23H29FN4O3S. The number of carbonyl (C=O) groups excluding carboxylic acids is 1. The zero-order valence-electron chi connectivity index (χ0n) is 18.4. The van der Waals surface area contributed by atoms with Crippen LogP contribution < -0.4 is 4.90 Å². The van der Waals surface area contributed by atoms with Gasteiger partial charge in [0.1, 0.15) is 11.1 Å². The molecule has 2 unspecified atom stereocenters. The van der Waals surface area contributed by atoms with Crippen LogP contribution >= 0.6 is 0 Å². The molecule has 7 nitrogen and oxygen atoms in total. The number of hydrogen-bond acceptors (Lipinski definition) is 5. The van der Waals surface area contributed by atoms with Gasteiger partial charge in [0.15, 0.2) is 0 Å². The SMILES string of the molecule is CC(=O)N1CCN(c2ccc(CN3C(C)CCC(c4ccccn4)S3(=O)=O)c(F)c2)CC1. The Morgan fingerprint density at radius 3 is 2.50 bits per heavy atom. The summed E-state index contributed by atoms with van der Waals surface area (Å²) < 4.78 is 43.2. The standard InChI is InChI=1S/C23H29FN4O3S/c1-17-6-9-23(22-5-3-4-10-25-22)32(30,31)28(17)16-19-7-8-20(15-21(19)24)27-13-11-26(12-14-27)18(2)29/h3-5,7-8,10,15,17,23H,6,9,11-14,16H2,1-2H3. The third-order valence-corrected chi connectivity index (χ3v) is 8.83. The van der Waals surface area contributed by atoms with E-state index in [-0.39, 0.29) is 18.5 Å². The van der Waals surface area contributed by atoms with Crippen LogP contribution in [0.1, 0.15) is 43.2 Å². The molecule has 2 aromatic rings. The molecule has 3 heterocycles. The van der Waals surface area contributed by atoms with Crippen LogP contribution in [0, 0.1) is 5.82 Å². The Morgan fingerprint density at radius 1 is 1.12 bits per heavy atom. The molecule has 2 aliphatic heterocycles. The topological polar surface area (TPSA) is 73.8 Å². The number of hydrogen-bond donors (Lipinski definition) is 0. The zero-order chi connectivity index (χ0) is 22.9. The summed E-state index contributed by atoms with van der Waals surface area (Å²) >= 11 is 0. The largest absolute Gasteiger partial charge is 0.368 e. The highest BCUT2D eigenvalue weighted by atomic mass is 32.2. The fourth-order valence-electron chi connectivity index (χ4n) is 4.52. The second-order valence-corrected chi connectivity index (χ2v) is 10.6. The van der Waals surface area contributed by atoms with Gasteiger partial charge in [0, 0.05) is 63.1 Å². The van der Waals surface area contributed by atoms with Crippen molar-refractivity contribution < 1.29 is 17.6 Å². The first-order valence-electron chi connectivity index (χ1n) is 11.0. The van der Waals surface area contributed by atoms with Crippen LogP contribution in [0.15, 0.2) is 42.6 Å². The first-order valence-corrected chi connectivity index (χ1v) is 12.5. The van der Waals surface area contributed by atoms with Gasteiger partial charge in [0.05, 0.1) is 5.69 Å². The van der Waals surface area contributed by atoms with E-state index in [1.54, 1.807) is 42.3 Å². The summed E-state index contributed by atoms with van der Waals surface area (Å²) in [5.41, 5.74) is 1.63. The molecular weight excluding hydrogens is 431 g/mol. The number of aromatic nitrogens is 1. The summed E-state index contributed by atoms with van der Waals surface area (Å²) in [5, 5.41) is -0.709. The molecule has 0 radical (unpaired) electrons. The van der Waals surface area contributed by atoms with Crippen LogP contribution in [-0.2, 0) is 21.4 Å². The van der Waals surface area contributed by atoms with Crippen molar-refractivity contribution in [2.45, 2.75) is 44.5 Å². The fraction of sp³-hybridized carbons (Fsp3) is 0.478. The molecule has 1 aromatic carbocycles. The molecule has 0 N–H and O–H groups in total. The number of rotatable bonds is 4. The fourth-order valence-corrected chi connectivity index (χ4v) is 6.65. The summed E-state index contributed by atoms with van der Waals surface area (Å²) in [6.07, 6.45) is 2.80. The number of piperazine rings is 1. The molecule has 2 saturated heterocycles. The first-order chi connectivity index (χ1) is 15.3. The van der Waals surface area contributed by atoms with Crippen molar-refractivity contribution in [1.29, 1.82) is 0 Å². The summed E-state index contributed by atoms with van der Waals surface area (Å²) in [7, 11) is -3.67. The molecule has 0 spiro atoms. The average Bonchev–Trinajstić information content (AvgIpc) is 2.78. The van der Waals surface area contributed by atoms with Crippen molar-refractivity contribution in [2.24, 2.45) is 0 Å². The monoisotopic (exact) mass is 460 g/mol. The van der Waals surface area contributed by atoms with Gasteiger partial charge in [-0.1, -0.05) is 12.1 Å². The number of nitrogens with zero attached hydrogens (tertiary/aromatic N) is 4. The molecule has 0 bridgehead atoms. The number of amides is 1. The van der Waals surface area contributed by atoms with E-state index in [1.165, 1.54) is 10.4 Å². The van der Waals surface area contributed by atoms with E-state index in [1.807, 2.05) is 17.9 Å². The lowest BCUT2D eigenvalue weighted by Gasteiger charge is -2.37. The highest BCUT2D eigenvalue weighted by Crippen LogP contribution is 2.37. The maximum atomic E-state index is 15.0. The highest BCUT2D eigenvalue weighted by molar-refractivity contribution is 7.89. The maximum absolute atomic E-state index is 15.0. The number of sulfonamides is 1. The molecule has 9 heteroatoms. The van der Waals surface area contributed by atoms with E-state index in [4.69, 9.17) is 0 Å². The quantitative estimate of drug-likeness (QED) is 0.702. The van der Waals surface area contributed by atoms with E-state index in [9.17, 15) is 13.2 Å². The van der Waals surface area contributed by atoms with Gasteiger partial charge in [0.25, 0.3) is 0 Å². The van der Waals surface area contributed by atoms with Gasteiger partial charge < -0.3 is 9.80 Å². The lowest BCUT2D eigenvalue weighted by molar-refractivity contribution is -0.129. The van der Waals surface area contributed by atoms with E-state index in [2.05, 4.69) is 4.98 Å². The van der Waals surface area contributed by atoms with E-state index in [0.29, 0.717) is 50.3 Å². The number of halogens is 1. The minimum absolute atomic E-state index is 0.00292. The van der Waals surface area contributed by atoms with Crippen LogP contribution in [0.3, 0.4) is 0 Å². The number of carbonyl (C=O) groups is 1. The summed E-state index contributed by atoms with van der Waals surface area (Å²) in [6, 6.07) is 10.0. The van der Waals surface area contributed by atoms with Crippen molar-refractivity contribution in [3.05, 3.63) is 59.7 Å². The average molecular weight is 461 g/mol. The van der Waals surface area contributed by atoms with Crippen molar-refractivity contribution >= 4 is 21.6 Å². The number of benzene rings is 1. The summed E-state index contributed by atoms with van der Waals surface area (Å²) in [4.78, 5) is 19.6. The van der Waals surface area contributed by atoms with Crippen LogP contribution in [0.4, 0.5) is 10.1 Å². The molecule has 32 heavy (non-hydrogen) atoms. The number of anilines is 1. The molecule has 4 rings (SSSR count). The Kier molecular flexibility index (Phi) is 6.48. The molecule has 0 saturated carbocycles. The van der Waals surface area contributed by atoms with Crippen molar-refractivity contribution in [1.82, 2.24) is 14.2 Å². The minimum atomic E-state index is -3.67. The van der Waals surface area contributed by atoms with Crippen LogP contribution in [0.5, 0.6) is 0 Å². The van der Waals surface area contributed by atoms with Crippen molar-refractivity contribution in [3.8, 4) is 0 Å². The lowest BCUT2D eigenvalue weighted by Crippen LogP contribution is -2.48. The molecule has 2 aliphatic rings. The third-order valence-electron chi connectivity index (χ3n) is 6.50. The molecule has 2 fully saturated rings. The molecule has 172 valence electrons. The Bertz CT molecular complexity index is 1070. The predicted octanol–water partition coefficient (Wildman–Crippen LogP) is 2.94. The second-order valence-electron chi connectivity index (χ2n) is 8.53. The Hall–Kier alpha value is -2.52. The summed E-state index contributed by atoms with van der Waals surface area (Å²) in [5.74, 6) is -0.370. The highest BCUT2D eigenvalue weighted by Gasteiger charge is 2.41. The van der Waals surface area contributed by atoms with E-state index in [0.717, 1.165) is 5.69 Å². The maximum Gasteiger partial charge on any atom is 0.223 e. The van der Waals surface area contributed by atoms with Gasteiger partial charge in [-0.2, -0.15) is 4.31 Å². The normalized spacial score (nSPS) is 23.8. The van der Waals surface area contributed by atoms with Gasteiger partial charge in [-0.05, 0) is 44.0 Å². The lowest BCUT2D eigenvalue weighted by atomic mass is 10.1. The van der Waals surface area contributed by atoms with E-state index < -0.39 is 21.1 Å². The number of pyridine rings is 1. The van der Waals surface area contributed by atoms with Gasteiger partial charge in [-0.15, -0.1) is 0 Å². The van der Waals surface area contributed by atoms with Crippen LogP contribution in [-0.4, -0.2) is 60.7 Å². The van der Waals surface area contributed by atoms with Crippen molar-refractivity contribution in [2.75, 3.05) is 31.1 Å².